The van der Waals surface area contributed by atoms with Crippen molar-refractivity contribution in [3.05, 3.63) is 21.8 Å². The van der Waals surface area contributed by atoms with Crippen LogP contribution in [0.3, 0.4) is 0 Å². The molecule has 0 spiro atoms. The number of halogens is 1. The van der Waals surface area contributed by atoms with Gasteiger partial charge in [0.15, 0.2) is 0 Å². The van der Waals surface area contributed by atoms with E-state index in [9.17, 15) is 4.79 Å². The van der Waals surface area contributed by atoms with Crippen LogP contribution in [0.1, 0.15) is 19.2 Å². The van der Waals surface area contributed by atoms with Crippen LogP contribution in [0.2, 0.25) is 0 Å². The minimum Gasteiger partial charge on any atom is -0.481 e. The van der Waals surface area contributed by atoms with Crippen LogP contribution in [0.4, 0.5) is 0 Å². The molecule has 5 nitrogen and oxygen atoms in total. The average molecular weight is 363 g/mol. The van der Waals surface area contributed by atoms with Crippen LogP contribution in [-0.4, -0.2) is 26.5 Å². The Morgan fingerprint density at radius 3 is 3.00 bits per heavy atom. The summed E-state index contributed by atoms with van der Waals surface area (Å²) in [5.41, 5.74) is 0. The third kappa shape index (κ3) is 4.32. The highest BCUT2D eigenvalue weighted by Crippen LogP contribution is 2.31. The van der Waals surface area contributed by atoms with Crippen LogP contribution in [0.5, 0.6) is 0 Å². The lowest BCUT2D eigenvalue weighted by Crippen LogP contribution is -2.05. The average Bonchev–Trinajstić information content (AvgIpc) is 2.94. The molecule has 0 aliphatic rings. The molecule has 0 aromatic carbocycles. The predicted octanol–water partition coefficient (Wildman–Crippen LogP) is 3.66. The van der Waals surface area contributed by atoms with Gasteiger partial charge in [-0.05, 0) is 28.1 Å². The summed E-state index contributed by atoms with van der Waals surface area (Å²) in [6, 6.07) is 3.83. The number of carboxylic acid groups (broad SMARTS) is 1. The summed E-state index contributed by atoms with van der Waals surface area (Å²) in [4.78, 5) is 11.5. The highest BCUT2D eigenvalue weighted by molar-refractivity contribution is 9.11. The van der Waals surface area contributed by atoms with Crippen molar-refractivity contribution < 1.29 is 14.3 Å². The molecule has 0 aliphatic carbocycles. The van der Waals surface area contributed by atoms with E-state index in [1.54, 1.807) is 0 Å². The lowest BCUT2D eigenvalue weighted by Gasteiger charge is -2.05. The Bertz CT molecular complexity index is 570. The van der Waals surface area contributed by atoms with E-state index in [0.717, 1.165) is 8.66 Å². The highest BCUT2D eigenvalue weighted by Gasteiger charge is 2.13. The number of carboxylic acids is 1. The van der Waals surface area contributed by atoms with Crippen LogP contribution in [0.25, 0.3) is 10.8 Å². The molecule has 2 heterocycles. The molecule has 0 saturated heterocycles. The van der Waals surface area contributed by atoms with Crippen molar-refractivity contribution in [3.8, 4) is 10.8 Å². The predicted molar refractivity (Wildman–Crippen MR) is 78.3 cm³/mol. The van der Waals surface area contributed by atoms with Gasteiger partial charge in [-0.3, -0.25) is 4.79 Å². The molecule has 0 aliphatic heterocycles. The van der Waals surface area contributed by atoms with Crippen molar-refractivity contribution in [1.29, 1.82) is 0 Å². The van der Waals surface area contributed by atoms with Gasteiger partial charge in [0.05, 0.1) is 20.8 Å². The molecular formula is C11H11BrN2O3S2. The van der Waals surface area contributed by atoms with Gasteiger partial charge >= 0.3 is 5.97 Å². The van der Waals surface area contributed by atoms with E-state index < -0.39 is 5.97 Å². The standard InChI is InChI=1S/C11H11BrN2O3S2/c1-6(4-10(15)16)18-5-9-13-14-11(17-9)7-2-3-8(12)19-7/h2-3,6H,4-5H2,1H3,(H,15,16). The summed E-state index contributed by atoms with van der Waals surface area (Å²) in [6.45, 7) is 1.87. The van der Waals surface area contributed by atoms with Crippen LogP contribution in [0.15, 0.2) is 20.3 Å². The molecule has 19 heavy (non-hydrogen) atoms. The van der Waals surface area contributed by atoms with Gasteiger partial charge in [-0.2, -0.15) is 0 Å². The number of hydrogen-bond donors (Lipinski definition) is 1. The molecule has 2 aromatic rings. The molecule has 0 saturated carbocycles. The number of aliphatic carboxylic acids is 1. The molecule has 2 rings (SSSR count). The van der Waals surface area contributed by atoms with Gasteiger partial charge in [0, 0.05) is 5.25 Å². The number of hydrogen-bond acceptors (Lipinski definition) is 6. The summed E-state index contributed by atoms with van der Waals surface area (Å²) >= 11 is 6.39. The summed E-state index contributed by atoms with van der Waals surface area (Å²) in [5.74, 6) is 0.738. The van der Waals surface area contributed by atoms with Gasteiger partial charge in [0.1, 0.15) is 0 Å². The Kier molecular flexibility index (Phi) is 5.00. The van der Waals surface area contributed by atoms with Crippen molar-refractivity contribution in [2.75, 3.05) is 0 Å². The van der Waals surface area contributed by atoms with E-state index in [1.165, 1.54) is 23.1 Å². The summed E-state index contributed by atoms with van der Waals surface area (Å²) < 4.78 is 6.54. The van der Waals surface area contributed by atoms with E-state index >= 15 is 0 Å². The second kappa shape index (κ2) is 6.53. The monoisotopic (exact) mass is 362 g/mol. The second-order valence-electron chi connectivity index (χ2n) is 3.82. The first-order chi connectivity index (χ1) is 9.04. The lowest BCUT2D eigenvalue weighted by atomic mass is 10.3. The van der Waals surface area contributed by atoms with Gasteiger partial charge in [0.2, 0.25) is 5.89 Å². The summed E-state index contributed by atoms with van der Waals surface area (Å²) in [6.07, 6.45) is 0.129. The Balaban J connectivity index is 1.92. The first-order valence-electron chi connectivity index (χ1n) is 5.46. The fourth-order valence-electron chi connectivity index (χ4n) is 1.36. The summed E-state index contributed by atoms with van der Waals surface area (Å²) in [7, 11) is 0. The van der Waals surface area contributed by atoms with E-state index in [0.29, 0.717) is 17.5 Å². The Morgan fingerprint density at radius 2 is 2.37 bits per heavy atom. The Morgan fingerprint density at radius 1 is 1.58 bits per heavy atom. The zero-order valence-electron chi connectivity index (χ0n) is 10.00. The van der Waals surface area contributed by atoms with Crippen molar-refractivity contribution in [1.82, 2.24) is 10.2 Å². The highest BCUT2D eigenvalue weighted by atomic mass is 79.9. The van der Waals surface area contributed by atoms with Gasteiger partial charge in [0.25, 0.3) is 5.89 Å². The molecule has 2 aromatic heterocycles. The van der Waals surface area contributed by atoms with Crippen molar-refractivity contribution in [3.63, 3.8) is 0 Å². The number of carbonyl (C=O) groups is 1. The zero-order valence-corrected chi connectivity index (χ0v) is 13.2. The van der Waals surface area contributed by atoms with Crippen molar-refractivity contribution in [2.24, 2.45) is 0 Å². The molecule has 0 amide bonds. The van der Waals surface area contributed by atoms with Gasteiger partial charge in [-0.15, -0.1) is 33.3 Å². The largest absolute Gasteiger partial charge is 0.481 e. The topological polar surface area (TPSA) is 76.2 Å². The van der Waals surface area contributed by atoms with Crippen LogP contribution in [-0.2, 0) is 10.5 Å². The number of thiophene rings is 1. The van der Waals surface area contributed by atoms with Crippen LogP contribution in [0, 0.1) is 0 Å². The third-order valence-electron chi connectivity index (χ3n) is 2.20. The molecule has 0 fully saturated rings. The maximum absolute atomic E-state index is 10.5. The fourth-order valence-corrected chi connectivity index (χ4v) is 3.47. The fraction of sp³-hybridized carbons (Fsp3) is 0.364. The zero-order chi connectivity index (χ0) is 13.8. The Labute approximate surface area is 126 Å². The number of rotatable bonds is 6. The van der Waals surface area contributed by atoms with Crippen molar-refractivity contribution in [2.45, 2.75) is 24.3 Å². The summed E-state index contributed by atoms with van der Waals surface area (Å²) in [5, 5.41) is 16.6. The molecule has 1 unspecified atom stereocenters. The maximum Gasteiger partial charge on any atom is 0.304 e. The number of nitrogens with zero attached hydrogens (tertiary/aromatic N) is 2. The van der Waals surface area contributed by atoms with Gasteiger partial charge in [-0.1, -0.05) is 6.92 Å². The van der Waals surface area contributed by atoms with E-state index in [-0.39, 0.29) is 11.7 Å². The lowest BCUT2D eigenvalue weighted by molar-refractivity contribution is -0.136. The SMILES string of the molecule is CC(CC(=O)O)SCc1nnc(-c2ccc(Br)s2)o1. The quantitative estimate of drug-likeness (QED) is 0.844. The molecule has 1 N–H and O–H groups in total. The first-order valence-corrected chi connectivity index (χ1v) is 8.12. The van der Waals surface area contributed by atoms with Crippen molar-refractivity contribution >= 4 is 45.0 Å². The number of thioether (sulfide) groups is 1. The van der Waals surface area contributed by atoms with E-state index in [4.69, 9.17) is 9.52 Å². The minimum atomic E-state index is -0.797. The third-order valence-corrected chi connectivity index (χ3v) is 4.97. The Hall–Kier alpha value is -0.860. The molecule has 0 radical (unpaired) electrons. The molecule has 102 valence electrons. The van der Waals surface area contributed by atoms with E-state index in [1.807, 2.05) is 19.1 Å². The van der Waals surface area contributed by atoms with E-state index in [2.05, 4.69) is 26.1 Å². The second-order valence-corrected chi connectivity index (χ2v) is 7.71. The smallest absolute Gasteiger partial charge is 0.304 e. The van der Waals surface area contributed by atoms with Gasteiger partial charge < -0.3 is 9.52 Å². The number of aromatic nitrogens is 2. The normalized spacial score (nSPS) is 12.5. The molecule has 1 atom stereocenters. The first kappa shape index (κ1) is 14.5. The molecule has 0 bridgehead atoms. The van der Waals surface area contributed by atoms with Crippen LogP contribution >= 0.6 is 39.0 Å². The van der Waals surface area contributed by atoms with Crippen LogP contribution < -0.4 is 0 Å². The molecular weight excluding hydrogens is 352 g/mol. The maximum atomic E-state index is 10.5. The minimum absolute atomic E-state index is 0.0173. The van der Waals surface area contributed by atoms with Gasteiger partial charge in [-0.25, -0.2) is 0 Å². The molecule has 8 heteroatoms.